The van der Waals surface area contributed by atoms with Gasteiger partial charge < -0.3 is 10.4 Å². The zero-order valence-corrected chi connectivity index (χ0v) is 12.9. The van der Waals surface area contributed by atoms with E-state index in [-0.39, 0.29) is 16.1 Å². The van der Waals surface area contributed by atoms with Crippen molar-refractivity contribution in [2.45, 2.75) is 51.0 Å². The van der Waals surface area contributed by atoms with Crippen LogP contribution in [0.25, 0.3) is 0 Å². The number of carboxylic acids is 1. The molecule has 1 fully saturated rings. The Labute approximate surface area is 126 Å². The van der Waals surface area contributed by atoms with Crippen LogP contribution in [0.5, 0.6) is 0 Å². The summed E-state index contributed by atoms with van der Waals surface area (Å²) in [5, 5.41) is 12.2. The lowest BCUT2D eigenvalue weighted by atomic mass is 9.96. The van der Waals surface area contributed by atoms with Gasteiger partial charge in [0.1, 0.15) is 0 Å². The third-order valence-corrected chi connectivity index (χ3v) is 4.55. The van der Waals surface area contributed by atoms with E-state index in [0.717, 1.165) is 25.7 Å². The smallest absolute Gasteiger partial charge is 0.336 e. The fourth-order valence-corrected chi connectivity index (χ4v) is 3.16. The van der Waals surface area contributed by atoms with Crippen LogP contribution < -0.4 is 5.32 Å². The van der Waals surface area contributed by atoms with Crippen LogP contribution in [0, 0.1) is 5.82 Å². The van der Waals surface area contributed by atoms with Crippen molar-refractivity contribution in [2.75, 3.05) is 5.32 Å². The SMILES string of the molecule is O=C(O)c1ccc(NC2CCCCCCC2)c(F)c1Br. The molecule has 1 saturated carbocycles. The first kappa shape index (κ1) is 15.3. The van der Waals surface area contributed by atoms with Crippen molar-refractivity contribution in [1.82, 2.24) is 0 Å². The highest BCUT2D eigenvalue weighted by Gasteiger charge is 2.18. The number of hydrogen-bond donors (Lipinski definition) is 2. The molecule has 0 heterocycles. The van der Waals surface area contributed by atoms with Gasteiger partial charge in [-0.15, -0.1) is 0 Å². The van der Waals surface area contributed by atoms with Gasteiger partial charge in [0, 0.05) is 6.04 Å². The molecule has 0 amide bonds. The minimum absolute atomic E-state index is 0.0147. The minimum atomic E-state index is -1.13. The number of benzene rings is 1. The largest absolute Gasteiger partial charge is 0.478 e. The molecule has 110 valence electrons. The molecule has 0 spiro atoms. The second-order valence-electron chi connectivity index (χ2n) is 5.28. The molecule has 0 aliphatic heterocycles. The Hall–Kier alpha value is -1.10. The lowest BCUT2D eigenvalue weighted by Gasteiger charge is -2.22. The minimum Gasteiger partial charge on any atom is -0.478 e. The average molecular weight is 344 g/mol. The zero-order valence-electron chi connectivity index (χ0n) is 11.3. The van der Waals surface area contributed by atoms with Gasteiger partial charge in [-0.2, -0.15) is 0 Å². The third kappa shape index (κ3) is 3.72. The number of aromatic carboxylic acids is 1. The van der Waals surface area contributed by atoms with Crippen LogP contribution in [0.3, 0.4) is 0 Å². The normalized spacial score (nSPS) is 17.3. The molecular formula is C15H19BrFNO2. The molecule has 1 aromatic carbocycles. The van der Waals surface area contributed by atoms with Gasteiger partial charge in [0.15, 0.2) is 5.82 Å². The summed E-state index contributed by atoms with van der Waals surface area (Å²) in [6.45, 7) is 0. The van der Waals surface area contributed by atoms with Crippen LogP contribution in [-0.2, 0) is 0 Å². The number of nitrogens with one attached hydrogen (secondary N) is 1. The number of carbonyl (C=O) groups is 1. The summed E-state index contributed by atoms with van der Waals surface area (Å²) in [5.41, 5.74) is 0.332. The number of halogens is 2. The Morgan fingerprint density at radius 3 is 2.40 bits per heavy atom. The van der Waals surface area contributed by atoms with Gasteiger partial charge in [-0.05, 0) is 40.9 Å². The summed E-state index contributed by atoms with van der Waals surface area (Å²) >= 11 is 3.03. The average Bonchev–Trinajstić information content (AvgIpc) is 2.37. The van der Waals surface area contributed by atoms with E-state index in [4.69, 9.17) is 5.11 Å². The summed E-state index contributed by atoms with van der Waals surface area (Å²) in [7, 11) is 0. The summed E-state index contributed by atoms with van der Waals surface area (Å²) in [6.07, 6.45) is 8.17. The zero-order chi connectivity index (χ0) is 14.5. The van der Waals surface area contributed by atoms with Gasteiger partial charge in [0.05, 0.1) is 15.7 Å². The van der Waals surface area contributed by atoms with Crippen LogP contribution in [0.1, 0.15) is 55.3 Å². The third-order valence-electron chi connectivity index (χ3n) is 3.78. The molecule has 1 aromatic rings. The van der Waals surface area contributed by atoms with E-state index in [1.807, 2.05) is 0 Å². The highest BCUT2D eigenvalue weighted by atomic mass is 79.9. The molecule has 3 nitrogen and oxygen atoms in total. The van der Waals surface area contributed by atoms with Crippen molar-refractivity contribution >= 4 is 27.6 Å². The maximum atomic E-state index is 14.2. The molecule has 0 atom stereocenters. The summed E-state index contributed by atoms with van der Waals surface area (Å²) in [5.74, 6) is -1.65. The first-order valence-electron chi connectivity index (χ1n) is 7.07. The standard InChI is InChI=1S/C15H19BrFNO2/c16-13-11(15(19)20)8-9-12(14(13)17)18-10-6-4-2-1-3-5-7-10/h8-10,18H,1-7H2,(H,19,20). The maximum Gasteiger partial charge on any atom is 0.336 e. The quantitative estimate of drug-likeness (QED) is 0.827. The first-order valence-corrected chi connectivity index (χ1v) is 7.86. The molecule has 0 aromatic heterocycles. The highest BCUT2D eigenvalue weighted by Crippen LogP contribution is 2.29. The molecule has 1 aliphatic carbocycles. The van der Waals surface area contributed by atoms with Crippen LogP contribution >= 0.6 is 15.9 Å². The Balaban J connectivity index is 2.12. The Bertz CT molecular complexity index is 485. The monoisotopic (exact) mass is 343 g/mol. The van der Waals surface area contributed by atoms with Crippen LogP contribution in [-0.4, -0.2) is 17.1 Å². The predicted molar refractivity (Wildman–Crippen MR) is 80.8 cm³/mol. The lowest BCUT2D eigenvalue weighted by molar-refractivity contribution is 0.0695. The van der Waals surface area contributed by atoms with Crippen LogP contribution in [0.2, 0.25) is 0 Å². The molecule has 0 radical (unpaired) electrons. The highest BCUT2D eigenvalue weighted by molar-refractivity contribution is 9.10. The molecule has 20 heavy (non-hydrogen) atoms. The van der Waals surface area contributed by atoms with Gasteiger partial charge in [-0.25, -0.2) is 9.18 Å². The van der Waals surface area contributed by atoms with Crippen molar-refractivity contribution < 1.29 is 14.3 Å². The molecule has 2 N–H and O–H groups in total. The van der Waals surface area contributed by atoms with E-state index in [1.54, 1.807) is 0 Å². The maximum absolute atomic E-state index is 14.2. The second-order valence-corrected chi connectivity index (χ2v) is 6.07. The lowest BCUT2D eigenvalue weighted by Crippen LogP contribution is -2.21. The van der Waals surface area contributed by atoms with E-state index in [0.29, 0.717) is 5.69 Å². The van der Waals surface area contributed by atoms with E-state index in [9.17, 15) is 9.18 Å². The van der Waals surface area contributed by atoms with Gasteiger partial charge in [-0.1, -0.05) is 32.1 Å². The van der Waals surface area contributed by atoms with Crippen LogP contribution in [0.15, 0.2) is 16.6 Å². The second kappa shape index (κ2) is 7.07. The molecule has 5 heteroatoms. The number of carboxylic acid groups (broad SMARTS) is 1. The summed E-state index contributed by atoms with van der Waals surface area (Å²) < 4.78 is 14.2. The van der Waals surface area contributed by atoms with E-state index < -0.39 is 11.8 Å². The van der Waals surface area contributed by atoms with Crippen molar-refractivity contribution in [1.29, 1.82) is 0 Å². The van der Waals surface area contributed by atoms with Crippen LogP contribution in [0.4, 0.5) is 10.1 Å². The predicted octanol–water partition coefficient (Wildman–Crippen LogP) is 4.81. The number of rotatable bonds is 3. The summed E-state index contributed by atoms with van der Waals surface area (Å²) in [4.78, 5) is 10.9. The molecule has 1 aliphatic rings. The van der Waals surface area contributed by atoms with E-state index >= 15 is 0 Å². The topological polar surface area (TPSA) is 49.3 Å². The summed E-state index contributed by atoms with van der Waals surface area (Å²) in [6, 6.07) is 3.22. The Morgan fingerprint density at radius 1 is 1.20 bits per heavy atom. The molecule has 0 unspecified atom stereocenters. The van der Waals surface area contributed by atoms with Crippen molar-refractivity contribution in [3.8, 4) is 0 Å². The molecule has 0 saturated heterocycles. The molecule has 0 bridgehead atoms. The van der Waals surface area contributed by atoms with E-state index in [2.05, 4.69) is 21.2 Å². The van der Waals surface area contributed by atoms with Gasteiger partial charge in [-0.3, -0.25) is 0 Å². The fraction of sp³-hybridized carbons (Fsp3) is 0.533. The van der Waals surface area contributed by atoms with Gasteiger partial charge >= 0.3 is 5.97 Å². The van der Waals surface area contributed by atoms with Crippen molar-refractivity contribution in [3.05, 3.63) is 28.0 Å². The molecule has 2 rings (SSSR count). The number of anilines is 1. The van der Waals surface area contributed by atoms with Crippen molar-refractivity contribution in [3.63, 3.8) is 0 Å². The van der Waals surface area contributed by atoms with E-state index in [1.165, 1.54) is 31.4 Å². The first-order chi connectivity index (χ1) is 9.59. The number of hydrogen-bond acceptors (Lipinski definition) is 2. The van der Waals surface area contributed by atoms with Gasteiger partial charge in [0.2, 0.25) is 0 Å². The Kier molecular flexibility index (Phi) is 5.40. The van der Waals surface area contributed by atoms with Crippen molar-refractivity contribution in [2.24, 2.45) is 0 Å². The molecular weight excluding hydrogens is 325 g/mol. The van der Waals surface area contributed by atoms with Gasteiger partial charge in [0.25, 0.3) is 0 Å². The fourth-order valence-electron chi connectivity index (χ4n) is 2.65. The Morgan fingerprint density at radius 2 is 1.80 bits per heavy atom.